The molecule has 5 nitrogen and oxygen atoms in total. The predicted molar refractivity (Wildman–Crippen MR) is 118 cm³/mol. The van der Waals surface area contributed by atoms with E-state index >= 15 is 0 Å². The zero-order valence-corrected chi connectivity index (χ0v) is 18.0. The third-order valence-corrected chi connectivity index (χ3v) is 6.10. The number of carbonyl (C=O) groups is 1. The molecule has 2 aliphatic heterocycles. The number of amides is 1. The van der Waals surface area contributed by atoms with E-state index in [0.717, 1.165) is 44.6 Å². The zero-order chi connectivity index (χ0) is 21.0. The van der Waals surface area contributed by atoms with Crippen LogP contribution < -0.4 is 5.32 Å². The van der Waals surface area contributed by atoms with Gasteiger partial charge in [0.05, 0.1) is 19.3 Å². The molecule has 1 amide bonds. The van der Waals surface area contributed by atoms with E-state index in [1.807, 2.05) is 31.2 Å². The third-order valence-electron chi connectivity index (χ3n) is 6.10. The van der Waals surface area contributed by atoms with Crippen molar-refractivity contribution in [1.82, 2.24) is 10.2 Å². The highest BCUT2D eigenvalue weighted by Gasteiger charge is 2.43. The molecule has 0 unspecified atom stereocenters. The fourth-order valence-corrected chi connectivity index (χ4v) is 4.35. The molecule has 2 heterocycles. The number of nitrogens with one attached hydrogen (secondary N) is 1. The number of benzene rings is 2. The molecule has 30 heavy (non-hydrogen) atoms. The van der Waals surface area contributed by atoms with E-state index in [0.29, 0.717) is 18.7 Å². The minimum absolute atomic E-state index is 0.0299. The summed E-state index contributed by atoms with van der Waals surface area (Å²) in [5.74, 6) is -0.0438. The second-order valence-corrected chi connectivity index (χ2v) is 8.79. The summed E-state index contributed by atoms with van der Waals surface area (Å²) in [6, 6.07) is 16.4. The van der Waals surface area contributed by atoms with Gasteiger partial charge < -0.3 is 14.8 Å². The smallest absolute Gasteiger partial charge is 0.251 e. The van der Waals surface area contributed by atoms with Crippen molar-refractivity contribution in [3.05, 3.63) is 70.8 Å². The maximum Gasteiger partial charge on any atom is 0.251 e. The second kappa shape index (κ2) is 9.29. The van der Waals surface area contributed by atoms with Crippen LogP contribution >= 0.6 is 0 Å². The van der Waals surface area contributed by atoms with Gasteiger partial charge in [0.2, 0.25) is 0 Å². The van der Waals surface area contributed by atoms with Gasteiger partial charge in [-0.3, -0.25) is 9.69 Å². The fourth-order valence-electron chi connectivity index (χ4n) is 4.35. The first-order valence-corrected chi connectivity index (χ1v) is 10.9. The average Bonchev–Trinajstić information content (AvgIpc) is 3.03. The lowest BCUT2D eigenvalue weighted by atomic mass is 9.99. The lowest BCUT2D eigenvalue weighted by Gasteiger charge is -2.32. The largest absolute Gasteiger partial charge is 0.377 e. The number of hydrogen-bond donors (Lipinski definition) is 1. The Morgan fingerprint density at radius 3 is 2.53 bits per heavy atom. The van der Waals surface area contributed by atoms with Crippen molar-refractivity contribution < 1.29 is 14.3 Å². The minimum Gasteiger partial charge on any atom is -0.377 e. The van der Waals surface area contributed by atoms with Crippen LogP contribution in [0.4, 0.5) is 0 Å². The van der Waals surface area contributed by atoms with Gasteiger partial charge in [-0.2, -0.15) is 0 Å². The van der Waals surface area contributed by atoms with E-state index in [1.54, 1.807) is 0 Å². The van der Waals surface area contributed by atoms with Gasteiger partial charge in [-0.25, -0.2) is 0 Å². The molecule has 2 aliphatic rings. The number of nitrogens with zero attached hydrogens (tertiary/aromatic N) is 1. The van der Waals surface area contributed by atoms with E-state index in [2.05, 4.69) is 41.4 Å². The Morgan fingerprint density at radius 2 is 1.80 bits per heavy atom. The minimum atomic E-state index is -0.277. The van der Waals surface area contributed by atoms with Gasteiger partial charge in [-0.1, -0.05) is 47.5 Å². The summed E-state index contributed by atoms with van der Waals surface area (Å²) in [4.78, 5) is 14.9. The fraction of sp³-hybridized carbons (Fsp3) is 0.480. The van der Waals surface area contributed by atoms with Crippen molar-refractivity contribution >= 4 is 5.91 Å². The van der Waals surface area contributed by atoms with Gasteiger partial charge >= 0.3 is 0 Å². The Balaban J connectivity index is 1.32. The molecule has 2 atom stereocenters. The Hall–Kier alpha value is -2.21. The Morgan fingerprint density at radius 1 is 1.10 bits per heavy atom. The Bertz CT molecular complexity index is 850. The number of hydrogen-bond acceptors (Lipinski definition) is 4. The van der Waals surface area contributed by atoms with Crippen LogP contribution in [0.5, 0.6) is 0 Å². The van der Waals surface area contributed by atoms with Crippen LogP contribution in [0.25, 0.3) is 0 Å². The van der Waals surface area contributed by atoms with Crippen molar-refractivity contribution in [1.29, 1.82) is 0 Å². The molecule has 160 valence electrons. The van der Waals surface area contributed by atoms with E-state index in [1.165, 1.54) is 11.1 Å². The Labute approximate surface area is 179 Å². The van der Waals surface area contributed by atoms with E-state index in [9.17, 15) is 4.79 Å². The monoisotopic (exact) mass is 408 g/mol. The summed E-state index contributed by atoms with van der Waals surface area (Å²) in [7, 11) is 0. The van der Waals surface area contributed by atoms with Crippen LogP contribution in [0.15, 0.2) is 48.5 Å². The first-order valence-electron chi connectivity index (χ1n) is 10.9. The third kappa shape index (κ3) is 5.28. The van der Waals surface area contributed by atoms with Crippen molar-refractivity contribution in [2.45, 2.75) is 44.9 Å². The number of aryl methyl sites for hydroxylation is 2. The van der Waals surface area contributed by atoms with Gasteiger partial charge in [0.25, 0.3) is 5.91 Å². The van der Waals surface area contributed by atoms with Crippen molar-refractivity contribution in [2.75, 3.05) is 32.8 Å². The topological polar surface area (TPSA) is 50.8 Å². The van der Waals surface area contributed by atoms with Crippen molar-refractivity contribution in [3.63, 3.8) is 0 Å². The maximum absolute atomic E-state index is 12.4. The van der Waals surface area contributed by atoms with E-state index < -0.39 is 0 Å². The van der Waals surface area contributed by atoms with Crippen molar-refractivity contribution in [2.24, 2.45) is 0 Å². The molecule has 4 rings (SSSR count). The Kier molecular flexibility index (Phi) is 6.52. The molecular formula is C25H32N2O3. The van der Waals surface area contributed by atoms with Gasteiger partial charge in [0, 0.05) is 31.7 Å². The number of ether oxygens (including phenoxy) is 2. The highest BCUT2D eigenvalue weighted by atomic mass is 16.6. The molecule has 0 aliphatic carbocycles. The summed E-state index contributed by atoms with van der Waals surface area (Å²) < 4.78 is 12.4. The average molecular weight is 409 g/mol. The van der Waals surface area contributed by atoms with Crippen LogP contribution in [0.2, 0.25) is 0 Å². The molecule has 2 fully saturated rings. The number of carbonyl (C=O) groups excluding carboxylic acids is 1. The molecule has 5 heteroatoms. The van der Waals surface area contributed by atoms with Crippen LogP contribution in [-0.4, -0.2) is 55.4 Å². The highest BCUT2D eigenvalue weighted by Crippen LogP contribution is 2.33. The molecular weight excluding hydrogens is 376 g/mol. The van der Waals surface area contributed by atoms with Gasteiger partial charge in [-0.05, 0) is 44.4 Å². The summed E-state index contributed by atoms with van der Waals surface area (Å²) in [6.07, 6.45) is 1.93. The molecule has 1 N–H and O–H groups in total. The predicted octanol–water partition coefficient (Wildman–Crippen LogP) is 3.48. The normalized spacial score (nSPS) is 24.7. The van der Waals surface area contributed by atoms with E-state index in [4.69, 9.17) is 9.47 Å². The summed E-state index contributed by atoms with van der Waals surface area (Å²) in [6.45, 7) is 8.70. The second-order valence-electron chi connectivity index (χ2n) is 8.79. The van der Waals surface area contributed by atoms with Crippen LogP contribution in [0.3, 0.4) is 0 Å². The lowest BCUT2D eigenvalue weighted by Crippen LogP contribution is -2.45. The van der Waals surface area contributed by atoms with E-state index in [-0.39, 0.29) is 17.6 Å². The molecule has 0 bridgehead atoms. The molecule has 0 saturated carbocycles. The summed E-state index contributed by atoms with van der Waals surface area (Å²) in [5.41, 5.74) is 4.16. The lowest BCUT2D eigenvalue weighted by molar-refractivity contribution is -0.0849. The van der Waals surface area contributed by atoms with Crippen LogP contribution in [0, 0.1) is 13.8 Å². The van der Waals surface area contributed by atoms with Crippen molar-refractivity contribution in [3.8, 4) is 0 Å². The quantitative estimate of drug-likeness (QED) is 0.823. The molecule has 2 aromatic rings. The van der Waals surface area contributed by atoms with Crippen LogP contribution in [-0.2, 0) is 16.0 Å². The SMILES string of the molecule is Cc1ccc(CN2CCOC[C@@]3(CC[C@H](CNC(=O)c4ccc(C)cc4)O3)C2)cc1. The molecule has 0 aromatic heterocycles. The standard InChI is InChI=1S/C25H32N2O3/c1-19-3-7-21(8-4-19)16-27-13-14-29-18-25(17-27)12-11-23(30-25)15-26-24(28)22-9-5-20(2)6-10-22/h3-10,23H,11-18H2,1-2H3,(H,26,28)/t23-,25-/m1/s1. The number of rotatable bonds is 5. The maximum atomic E-state index is 12.4. The zero-order valence-electron chi connectivity index (χ0n) is 18.0. The molecule has 2 saturated heterocycles. The highest BCUT2D eigenvalue weighted by molar-refractivity contribution is 5.94. The molecule has 0 radical (unpaired) electrons. The first kappa shape index (κ1) is 21.0. The first-order chi connectivity index (χ1) is 14.5. The molecule has 1 spiro atoms. The van der Waals surface area contributed by atoms with Gasteiger partial charge in [-0.15, -0.1) is 0 Å². The van der Waals surface area contributed by atoms with Crippen LogP contribution in [0.1, 0.15) is 39.9 Å². The van der Waals surface area contributed by atoms with Gasteiger partial charge in [0.15, 0.2) is 0 Å². The van der Waals surface area contributed by atoms with Gasteiger partial charge in [0.1, 0.15) is 5.60 Å². The summed E-state index contributed by atoms with van der Waals surface area (Å²) >= 11 is 0. The summed E-state index contributed by atoms with van der Waals surface area (Å²) in [5, 5.41) is 3.04. The molecule has 2 aromatic carbocycles.